The van der Waals surface area contributed by atoms with Crippen LogP contribution in [0.15, 0.2) is 9.98 Å². The minimum atomic E-state index is 0. The first-order valence-corrected chi connectivity index (χ1v) is 4.81. The second-order valence-electron chi connectivity index (χ2n) is 3.61. The zero-order chi connectivity index (χ0) is 11.7. The zero-order valence-corrected chi connectivity index (χ0v) is 13.4. The first-order valence-electron chi connectivity index (χ1n) is 4.81. The Morgan fingerprint density at radius 3 is 0.941 bits per heavy atom. The maximum absolute atomic E-state index is 5.37. The number of hydrogen-bond acceptors (Lipinski definition) is 3. The molecule has 0 rings (SSSR count). The van der Waals surface area contributed by atoms with Gasteiger partial charge in [0.15, 0.2) is 0 Å². The lowest BCUT2D eigenvalue weighted by atomic mass is 10.2. The van der Waals surface area contributed by atoms with E-state index in [1.54, 1.807) is 14.1 Å². The summed E-state index contributed by atoms with van der Waals surface area (Å²) in [5, 5.41) is 0. The van der Waals surface area contributed by atoms with Gasteiger partial charge >= 0.3 is 0 Å². The molecule has 0 unspecified atom stereocenters. The van der Waals surface area contributed by atoms with E-state index in [-0.39, 0.29) is 31.0 Å². The summed E-state index contributed by atoms with van der Waals surface area (Å²) in [6, 6.07) is 0. The van der Waals surface area contributed by atoms with E-state index in [0.29, 0.717) is 11.8 Å². The lowest BCUT2D eigenvalue weighted by molar-refractivity contribution is 0.869. The van der Waals surface area contributed by atoms with Crippen molar-refractivity contribution in [2.75, 3.05) is 14.1 Å². The largest absolute Gasteiger partial charge is 0.387 e. The Labute approximate surface area is 118 Å². The van der Waals surface area contributed by atoms with Gasteiger partial charge in [0.2, 0.25) is 0 Å². The summed E-state index contributed by atoms with van der Waals surface area (Å²) < 4.78 is 0. The van der Waals surface area contributed by atoms with Crippen molar-refractivity contribution in [2.24, 2.45) is 33.3 Å². The topological polar surface area (TPSA) is 112 Å². The maximum atomic E-state index is 5.37. The number of rotatable bonds is 2. The SMILES string of the molecule is CN=C(N)C(C)C.CN=C(N)C(C)C.Cl.Cl.N. The van der Waals surface area contributed by atoms with Gasteiger partial charge in [0.05, 0.1) is 11.7 Å². The van der Waals surface area contributed by atoms with Crippen molar-refractivity contribution in [3.63, 3.8) is 0 Å². The standard InChI is InChI=1S/2C5H12N2.2ClH.H3N/c2*1-4(2)5(6)7-3;;;/h2*4H,1-3H3,(H2,6,7);2*1H;1H3. The minimum Gasteiger partial charge on any atom is -0.387 e. The Morgan fingerprint density at radius 2 is 0.941 bits per heavy atom. The van der Waals surface area contributed by atoms with Crippen LogP contribution in [0.4, 0.5) is 0 Å². The summed E-state index contributed by atoms with van der Waals surface area (Å²) in [6.07, 6.45) is 0. The molecule has 17 heavy (non-hydrogen) atoms. The molecule has 7 heteroatoms. The molecule has 0 saturated carbocycles. The summed E-state index contributed by atoms with van der Waals surface area (Å²) in [4.78, 5) is 7.56. The molecular formula is C10H29Cl2N5. The molecule has 0 aromatic carbocycles. The average Bonchev–Trinajstić information content (AvgIpc) is 2.15. The predicted octanol–water partition coefficient (Wildman–Crippen LogP) is 2.26. The van der Waals surface area contributed by atoms with Gasteiger partial charge in [-0.1, -0.05) is 27.7 Å². The summed E-state index contributed by atoms with van der Waals surface area (Å²) in [5.74, 6) is 2.23. The van der Waals surface area contributed by atoms with Gasteiger partial charge in [-0.15, -0.1) is 24.8 Å². The third kappa shape index (κ3) is 21.3. The summed E-state index contributed by atoms with van der Waals surface area (Å²) in [6.45, 7) is 8.06. The van der Waals surface area contributed by atoms with Crippen molar-refractivity contribution in [1.29, 1.82) is 0 Å². The van der Waals surface area contributed by atoms with Crippen LogP contribution in [0.1, 0.15) is 27.7 Å². The maximum Gasteiger partial charge on any atom is 0.0959 e. The molecule has 0 fully saturated rings. The van der Waals surface area contributed by atoms with E-state index in [1.165, 1.54) is 0 Å². The van der Waals surface area contributed by atoms with E-state index in [2.05, 4.69) is 9.98 Å². The van der Waals surface area contributed by atoms with Crippen molar-refractivity contribution in [3.05, 3.63) is 0 Å². The van der Waals surface area contributed by atoms with E-state index in [4.69, 9.17) is 11.5 Å². The molecule has 7 N–H and O–H groups in total. The highest BCUT2D eigenvalue weighted by Crippen LogP contribution is 1.88. The van der Waals surface area contributed by atoms with Gasteiger partial charge in [0, 0.05) is 25.9 Å². The fourth-order valence-electron chi connectivity index (χ4n) is 0.516. The lowest BCUT2D eigenvalue weighted by Gasteiger charge is -1.98. The number of hydrogen-bond donors (Lipinski definition) is 3. The van der Waals surface area contributed by atoms with Crippen molar-refractivity contribution in [3.8, 4) is 0 Å². The predicted molar refractivity (Wildman–Crippen MR) is 84.3 cm³/mol. The molecular weight excluding hydrogens is 261 g/mol. The smallest absolute Gasteiger partial charge is 0.0959 e. The van der Waals surface area contributed by atoms with Gasteiger partial charge in [-0.25, -0.2) is 0 Å². The Hall–Kier alpha value is -0.520. The minimum absolute atomic E-state index is 0. The van der Waals surface area contributed by atoms with Gasteiger partial charge in [-0.05, 0) is 0 Å². The summed E-state index contributed by atoms with van der Waals surface area (Å²) >= 11 is 0. The molecule has 0 spiro atoms. The van der Waals surface area contributed by atoms with Crippen LogP contribution in [0.25, 0.3) is 0 Å². The van der Waals surface area contributed by atoms with E-state index >= 15 is 0 Å². The molecule has 0 aliphatic carbocycles. The van der Waals surface area contributed by atoms with Crippen molar-refractivity contribution < 1.29 is 0 Å². The van der Waals surface area contributed by atoms with Crippen LogP contribution in [0.5, 0.6) is 0 Å². The average molecular weight is 290 g/mol. The van der Waals surface area contributed by atoms with Crippen LogP contribution in [0, 0.1) is 11.8 Å². The highest BCUT2D eigenvalue weighted by atomic mass is 35.5. The molecule has 0 radical (unpaired) electrons. The zero-order valence-electron chi connectivity index (χ0n) is 11.7. The van der Waals surface area contributed by atoms with Gasteiger partial charge in [0.1, 0.15) is 0 Å². The lowest BCUT2D eigenvalue weighted by Crippen LogP contribution is -2.17. The molecule has 108 valence electrons. The fraction of sp³-hybridized carbons (Fsp3) is 0.800. The molecule has 0 bridgehead atoms. The number of aliphatic imine (C=N–C) groups is 2. The van der Waals surface area contributed by atoms with E-state index in [9.17, 15) is 0 Å². The Morgan fingerprint density at radius 1 is 0.765 bits per heavy atom. The second kappa shape index (κ2) is 17.9. The Balaban J connectivity index is -0.0000000480. The normalized spacial score (nSPS) is 10.6. The van der Waals surface area contributed by atoms with E-state index in [1.807, 2.05) is 27.7 Å². The summed E-state index contributed by atoms with van der Waals surface area (Å²) in [5.41, 5.74) is 10.7. The quantitative estimate of drug-likeness (QED) is 0.535. The number of nitrogens with zero attached hydrogens (tertiary/aromatic N) is 2. The Kier molecular flexibility index (Phi) is 31.5. The number of halogens is 2. The van der Waals surface area contributed by atoms with Crippen LogP contribution >= 0.6 is 24.8 Å². The number of amidine groups is 2. The van der Waals surface area contributed by atoms with Crippen LogP contribution in [0.3, 0.4) is 0 Å². The molecule has 0 amide bonds. The van der Waals surface area contributed by atoms with Crippen LogP contribution < -0.4 is 17.6 Å². The van der Waals surface area contributed by atoms with Crippen LogP contribution in [-0.4, -0.2) is 25.8 Å². The van der Waals surface area contributed by atoms with Crippen molar-refractivity contribution in [2.45, 2.75) is 27.7 Å². The second-order valence-corrected chi connectivity index (χ2v) is 3.61. The summed E-state index contributed by atoms with van der Waals surface area (Å²) in [7, 11) is 3.41. The fourth-order valence-corrected chi connectivity index (χ4v) is 0.516. The van der Waals surface area contributed by atoms with Gasteiger partial charge in [-0.3, -0.25) is 9.98 Å². The Bertz CT molecular complexity index is 181. The van der Waals surface area contributed by atoms with Gasteiger partial charge < -0.3 is 17.6 Å². The van der Waals surface area contributed by atoms with Crippen molar-refractivity contribution >= 4 is 36.5 Å². The molecule has 0 aromatic heterocycles. The van der Waals surface area contributed by atoms with Gasteiger partial charge in [-0.2, -0.15) is 0 Å². The highest BCUT2D eigenvalue weighted by Gasteiger charge is 1.94. The first kappa shape index (κ1) is 30.0. The van der Waals surface area contributed by atoms with E-state index in [0.717, 1.165) is 11.7 Å². The third-order valence-electron chi connectivity index (χ3n) is 1.70. The molecule has 0 atom stereocenters. The molecule has 0 aliphatic heterocycles. The monoisotopic (exact) mass is 289 g/mol. The molecule has 0 aromatic rings. The first-order chi connectivity index (χ1) is 6.36. The number of nitrogens with two attached hydrogens (primary N) is 2. The van der Waals surface area contributed by atoms with Crippen LogP contribution in [-0.2, 0) is 0 Å². The van der Waals surface area contributed by atoms with E-state index < -0.39 is 0 Å². The van der Waals surface area contributed by atoms with Crippen molar-refractivity contribution in [1.82, 2.24) is 6.15 Å². The van der Waals surface area contributed by atoms with Crippen LogP contribution in [0.2, 0.25) is 0 Å². The highest BCUT2D eigenvalue weighted by molar-refractivity contribution is 5.85. The van der Waals surface area contributed by atoms with Gasteiger partial charge in [0.25, 0.3) is 0 Å². The third-order valence-corrected chi connectivity index (χ3v) is 1.70. The molecule has 5 nitrogen and oxygen atoms in total. The molecule has 0 saturated heterocycles. The molecule has 0 aliphatic rings. The molecule has 0 heterocycles.